The number of carbonyl (C=O) groups excluding carboxylic acids is 2. The Bertz CT molecular complexity index is 5400. The zero-order valence-electron chi connectivity index (χ0n) is 62.5. The van der Waals surface area contributed by atoms with Crippen molar-refractivity contribution in [3.8, 4) is 23.0 Å². The summed E-state index contributed by atoms with van der Waals surface area (Å²) < 4.78 is 186. The number of carboxylic acid groups (broad SMARTS) is 4. The number of carbonyl (C=O) groups is 6. The molecule has 0 bridgehead atoms. The van der Waals surface area contributed by atoms with Crippen LogP contribution in [0.4, 0.5) is 40.3 Å². The fourth-order valence-corrected chi connectivity index (χ4v) is 16.8. The van der Waals surface area contributed by atoms with E-state index in [4.69, 9.17) is 109 Å². The van der Waals surface area contributed by atoms with Gasteiger partial charge in [0.1, 0.15) is 51.0 Å². The number of anilines is 4. The molecule has 2 amide bonds. The van der Waals surface area contributed by atoms with Crippen LogP contribution in [0.1, 0.15) is 99.3 Å². The Kier molecular flexibility index (Phi) is 39.2. The summed E-state index contributed by atoms with van der Waals surface area (Å²) in [5.41, 5.74) is 1.94. The van der Waals surface area contributed by atoms with Gasteiger partial charge in [-0.15, -0.1) is 0 Å². The quantitative estimate of drug-likeness (QED) is 0.0165. The SMILES string of the molecule is CCS(=O)(=O)Nc1cc(C)cc(COc2c(Br)cc(CC(=O)O)cc2Br)c1F.CCS(=O)(=O)Nc1cc(C)cc(COc2c(Cl)cc(C(=O)NCC(=O)O)cc2Cl)c1F.CCS(=O)(=O)Nc1cc(Cl)cc(COc2c(Br)cc(C(=O)NCC(=O)O)cc2Br)c1F.CCS(=O)(=O)Nc1cc(Cl)cc(COc2c(Cl)cc(CCC(=O)O)cc2Cl)c1F. The summed E-state index contributed by atoms with van der Waals surface area (Å²) >= 11 is 49.7. The van der Waals surface area contributed by atoms with Crippen molar-refractivity contribution in [2.24, 2.45) is 0 Å². The average molecular weight is 2120 g/mol. The van der Waals surface area contributed by atoms with Crippen molar-refractivity contribution in [3.05, 3.63) is 224 Å². The van der Waals surface area contributed by atoms with Crippen molar-refractivity contribution >= 4 is 232 Å². The van der Waals surface area contributed by atoms with Crippen LogP contribution >= 0.6 is 133 Å². The Balaban J connectivity index is 0.000000283. The fourth-order valence-electron chi connectivity index (χ4n) is 9.60. The maximum absolute atomic E-state index is 14.8. The van der Waals surface area contributed by atoms with E-state index in [9.17, 15) is 80.0 Å². The van der Waals surface area contributed by atoms with Crippen LogP contribution in [-0.4, -0.2) is 126 Å². The molecule has 46 heteroatoms. The summed E-state index contributed by atoms with van der Waals surface area (Å²) in [6, 6.07) is 22.3. The minimum atomic E-state index is -3.71. The lowest BCUT2D eigenvalue weighted by Gasteiger charge is -2.15. The summed E-state index contributed by atoms with van der Waals surface area (Å²) in [7, 11) is -14.7. The van der Waals surface area contributed by atoms with Crippen LogP contribution in [0, 0.1) is 37.1 Å². The van der Waals surface area contributed by atoms with Gasteiger partial charge in [0.05, 0.1) is 90.2 Å². The smallest absolute Gasteiger partial charge is 0.322 e. The van der Waals surface area contributed by atoms with Gasteiger partial charge >= 0.3 is 23.9 Å². The Labute approximate surface area is 744 Å². The fraction of sp³-hybridized carbons (Fsp3) is 0.260. The highest BCUT2D eigenvalue weighted by molar-refractivity contribution is 9.11. The number of aryl methyl sites for hydroxylation is 3. The minimum Gasteiger partial charge on any atom is -0.486 e. The molecule has 0 fully saturated rings. The van der Waals surface area contributed by atoms with Crippen LogP contribution in [-0.2, 0) is 98.5 Å². The lowest BCUT2D eigenvalue weighted by Crippen LogP contribution is -2.29. The molecular weight excluding hydrogens is 2050 g/mol. The van der Waals surface area contributed by atoms with E-state index in [1.807, 2.05) is 0 Å². The van der Waals surface area contributed by atoms with Crippen LogP contribution in [0.5, 0.6) is 23.0 Å². The molecule has 646 valence electrons. The summed E-state index contributed by atoms with van der Waals surface area (Å²) in [6.45, 7) is 6.90. The third-order valence-electron chi connectivity index (χ3n) is 15.3. The van der Waals surface area contributed by atoms with Crippen LogP contribution in [0.25, 0.3) is 0 Å². The first-order valence-corrected chi connectivity index (χ1v) is 45.9. The van der Waals surface area contributed by atoms with E-state index in [1.165, 1.54) is 94.4 Å². The third kappa shape index (κ3) is 32.5. The number of rotatable bonds is 35. The Hall–Kier alpha value is -7.84. The van der Waals surface area contributed by atoms with Crippen molar-refractivity contribution in [1.29, 1.82) is 0 Å². The van der Waals surface area contributed by atoms with Gasteiger partial charge in [0, 0.05) is 49.8 Å². The molecule has 0 saturated heterocycles. The molecule has 0 saturated carbocycles. The molecule has 0 radical (unpaired) electrons. The first-order chi connectivity index (χ1) is 55.4. The molecule has 0 aliphatic carbocycles. The summed E-state index contributed by atoms with van der Waals surface area (Å²) in [5, 5.41) is 39.7. The van der Waals surface area contributed by atoms with Gasteiger partial charge in [-0.25, -0.2) is 51.2 Å². The van der Waals surface area contributed by atoms with Gasteiger partial charge in [-0.3, -0.25) is 47.7 Å². The predicted molar refractivity (Wildman–Crippen MR) is 459 cm³/mol. The Morgan fingerprint density at radius 2 is 0.655 bits per heavy atom. The number of aliphatic carboxylic acids is 4. The summed E-state index contributed by atoms with van der Waals surface area (Å²) in [4.78, 5) is 66.7. The third-order valence-corrected chi connectivity index (χ3v) is 24.4. The molecule has 0 atom stereocenters. The van der Waals surface area contributed by atoms with Crippen molar-refractivity contribution in [2.75, 3.05) is 55.0 Å². The van der Waals surface area contributed by atoms with E-state index in [0.29, 0.717) is 45.9 Å². The van der Waals surface area contributed by atoms with Crippen LogP contribution < -0.4 is 48.5 Å². The molecule has 8 aromatic carbocycles. The number of sulfonamides is 4. The molecule has 8 rings (SSSR count). The standard InChI is InChI=1S/C19H19Cl2FN2O6S.C18H16Br2ClFN2O6S.C18H18Br2FNO5S.C18H17Cl3FNO5S/c1-3-31(28,29)24-15-5-10(2)4-12(17(15)22)9-30-18-13(20)6-11(7-14(18)21)19(27)23-8-16(25)26;1-2-31(28,29)24-14-6-11(21)3-10(16(14)22)8-30-17-12(19)4-9(5-13(17)20)18(27)23-7-15(25)26;1-3-28(25,26)22-15-5-10(2)4-12(17(15)21)9-27-18-13(19)6-11(7-14(18)20)8-16(23)24;1-2-29(26,27)23-15-8-12(19)7-11(17(15)22)9-28-18-13(20)5-10(6-14(18)21)3-4-16(24)25/h4-7,24H,3,8-9H2,1-2H3,(H,23,27)(H,25,26);3-6,24H,2,7-8H2,1H3,(H,23,27)(H,25,26);4-7,22H,3,8-9H2,1-2H3,(H,23,24);5-8,23H,2-4,9H2,1H3,(H,24,25). The lowest BCUT2D eigenvalue weighted by molar-refractivity contribution is -0.137. The van der Waals surface area contributed by atoms with E-state index < -0.39 is 112 Å². The molecule has 0 aliphatic heterocycles. The number of benzene rings is 8. The van der Waals surface area contributed by atoms with Gasteiger partial charge in [-0.1, -0.05) is 69.6 Å². The van der Waals surface area contributed by atoms with Crippen molar-refractivity contribution in [3.63, 3.8) is 0 Å². The zero-order valence-corrected chi connectivity index (χ0v) is 76.6. The first kappa shape index (κ1) is 102. The van der Waals surface area contributed by atoms with Gasteiger partial charge in [0.25, 0.3) is 11.8 Å². The molecule has 0 spiro atoms. The van der Waals surface area contributed by atoms with E-state index in [2.05, 4.69) is 93.2 Å². The average Bonchev–Trinajstić information content (AvgIpc) is 0.823. The highest BCUT2D eigenvalue weighted by atomic mass is 79.9. The molecule has 28 nitrogen and oxygen atoms in total. The second-order valence-electron chi connectivity index (χ2n) is 24.5. The second-order valence-corrected chi connectivity index (χ2v) is 38.5. The molecule has 0 unspecified atom stereocenters. The van der Waals surface area contributed by atoms with Gasteiger partial charge in [-0.05, 0) is 231 Å². The molecule has 0 heterocycles. The molecule has 0 aromatic heterocycles. The highest BCUT2D eigenvalue weighted by Crippen LogP contribution is 2.41. The normalized spacial score (nSPS) is 11.2. The van der Waals surface area contributed by atoms with E-state index in [1.54, 1.807) is 32.0 Å². The number of amides is 2. The zero-order chi connectivity index (χ0) is 89.5. The second kappa shape index (κ2) is 45.9. The monoisotopic (exact) mass is 2110 g/mol. The predicted octanol–water partition coefficient (Wildman–Crippen LogP) is 17.5. The molecule has 8 aromatic rings. The highest BCUT2D eigenvalue weighted by Gasteiger charge is 2.25. The topological polar surface area (TPSA) is 429 Å². The Morgan fingerprint density at radius 1 is 0.370 bits per heavy atom. The first-order valence-electron chi connectivity index (χ1n) is 33.8. The summed E-state index contributed by atoms with van der Waals surface area (Å²) in [5.74, 6) is -8.99. The van der Waals surface area contributed by atoms with E-state index in [0.717, 1.165) is 12.1 Å². The lowest BCUT2D eigenvalue weighted by atomic mass is 10.1. The molecule has 119 heavy (non-hydrogen) atoms. The van der Waals surface area contributed by atoms with Gasteiger partial charge < -0.3 is 50.0 Å². The number of nitrogens with one attached hydrogen (secondary N) is 6. The number of halogens is 14. The van der Waals surface area contributed by atoms with Gasteiger partial charge in [0.2, 0.25) is 40.1 Å². The van der Waals surface area contributed by atoms with Crippen LogP contribution in [0.15, 0.2) is 115 Å². The van der Waals surface area contributed by atoms with Gasteiger partial charge in [-0.2, -0.15) is 0 Å². The maximum Gasteiger partial charge on any atom is 0.322 e. The molecular formula is C73H70Br4Cl6F4N6O22S4. The van der Waals surface area contributed by atoms with Crippen molar-refractivity contribution in [1.82, 2.24) is 10.6 Å². The van der Waals surface area contributed by atoms with E-state index >= 15 is 0 Å². The van der Waals surface area contributed by atoms with Crippen molar-refractivity contribution in [2.45, 2.75) is 87.2 Å². The Morgan fingerprint density at radius 3 is 0.958 bits per heavy atom. The molecule has 10 N–H and O–H groups in total. The van der Waals surface area contributed by atoms with E-state index in [-0.39, 0.29) is 172 Å². The van der Waals surface area contributed by atoms with Gasteiger partial charge in [0.15, 0.2) is 34.8 Å². The van der Waals surface area contributed by atoms with Crippen molar-refractivity contribution < 1.29 is 119 Å². The largest absolute Gasteiger partial charge is 0.486 e. The van der Waals surface area contributed by atoms with Crippen LogP contribution in [0.3, 0.4) is 0 Å². The molecule has 0 aliphatic rings. The number of ether oxygens (including phenoxy) is 4. The number of hydrogen-bond acceptors (Lipinski definition) is 18. The number of hydrogen-bond donors (Lipinski definition) is 10. The minimum absolute atomic E-state index is 0.00313. The van der Waals surface area contributed by atoms with Crippen LogP contribution in [0.2, 0.25) is 30.1 Å². The maximum atomic E-state index is 14.8. The summed E-state index contributed by atoms with van der Waals surface area (Å²) in [6.07, 6.45) is 0.000852. The number of carboxylic acids is 4.